The third-order valence-corrected chi connectivity index (χ3v) is 2.52. The SMILES string of the molecule is CCNCCCNC(=O)Nc1ccc(C(=O)O)c(F)c1. The zero-order chi connectivity index (χ0) is 15.0. The lowest BCUT2D eigenvalue weighted by molar-refractivity contribution is 0.0692. The zero-order valence-electron chi connectivity index (χ0n) is 11.2. The van der Waals surface area contributed by atoms with Crippen LogP contribution in [0.15, 0.2) is 18.2 Å². The van der Waals surface area contributed by atoms with Crippen LogP contribution in [0.5, 0.6) is 0 Å². The Kier molecular flexibility index (Phi) is 6.45. The van der Waals surface area contributed by atoms with Crippen molar-refractivity contribution in [2.45, 2.75) is 13.3 Å². The largest absolute Gasteiger partial charge is 0.478 e. The lowest BCUT2D eigenvalue weighted by Gasteiger charge is -2.08. The smallest absolute Gasteiger partial charge is 0.338 e. The molecule has 0 saturated carbocycles. The molecule has 4 N–H and O–H groups in total. The van der Waals surface area contributed by atoms with Crippen molar-refractivity contribution >= 4 is 17.7 Å². The van der Waals surface area contributed by atoms with Gasteiger partial charge in [-0.2, -0.15) is 0 Å². The topological polar surface area (TPSA) is 90.5 Å². The fourth-order valence-corrected chi connectivity index (χ4v) is 1.53. The van der Waals surface area contributed by atoms with Crippen molar-refractivity contribution in [3.05, 3.63) is 29.6 Å². The van der Waals surface area contributed by atoms with E-state index in [2.05, 4.69) is 16.0 Å². The molecule has 0 aromatic heterocycles. The minimum absolute atomic E-state index is 0.205. The number of carboxylic acid groups (broad SMARTS) is 1. The highest BCUT2D eigenvalue weighted by molar-refractivity contribution is 5.91. The van der Waals surface area contributed by atoms with E-state index in [1.165, 1.54) is 6.07 Å². The van der Waals surface area contributed by atoms with E-state index >= 15 is 0 Å². The molecule has 0 saturated heterocycles. The maximum absolute atomic E-state index is 13.4. The van der Waals surface area contributed by atoms with Gasteiger partial charge in [0.15, 0.2) is 0 Å². The van der Waals surface area contributed by atoms with Gasteiger partial charge >= 0.3 is 12.0 Å². The van der Waals surface area contributed by atoms with E-state index in [1.54, 1.807) is 0 Å². The first-order valence-electron chi connectivity index (χ1n) is 6.33. The molecule has 0 aliphatic carbocycles. The Hall–Kier alpha value is -2.15. The van der Waals surface area contributed by atoms with Crippen molar-refractivity contribution in [3.8, 4) is 0 Å². The molecule has 0 bridgehead atoms. The highest BCUT2D eigenvalue weighted by atomic mass is 19.1. The number of rotatable bonds is 7. The van der Waals surface area contributed by atoms with Crippen LogP contribution in [0.25, 0.3) is 0 Å². The molecule has 0 aliphatic heterocycles. The molecule has 1 aromatic rings. The minimum atomic E-state index is -1.35. The molecule has 6 nitrogen and oxygen atoms in total. The second-order valence-corrected chi connectivity index (χ2v) is 4.09. The third-order valence-electron chi connectivity index (χ3n) is 2.52. The second kappa shape index (κ2) is 8.11. The Morgan fingerprint density at radius 1 is 1.30 bits per heavy atom. The van der Waals surface area contributed by atoms with Gasteiger partial charge in [0.2, 0.25) is 0 Å². The van der Waals surface area contributed by atoms with E-state index in [1.807, 2.05) is 6.92 Å². The molecular weight excluding hydrogens is 265 g/mol. The summed E-state index contributed by atoms with van der Waals surface area (Å²) in [6.45, 7) is 4.17. The number of benzene rings is 1. The van der Waals surface area contributed by atoms with Gasteiger partial charge < -0.3 is 21.1 Å². The van der Waals surface area contributed by atoms with E-state index in [4.69, 9.17) is 5.11 Å². The second-order valence-electron chi connectivity index (χ2n) is 4.09. The van der Waals surface area contributed by atoms with E-state index in [0.717, 1.165) is 31.6 Å². The first kappa shape index (κ1) is 15.9. The number of nitrogens with one attached hydrogen (secondary N) is 3. The van der Waals surface area contributed by atoms with Crippen molar-refractivity contribution < 1.29 is 19.1 Å². The first-order valence-corrected chi connectivity index (χ1v) is 6.33. The zero-order valence-corrected chi connectivity index (χ0v) is 11.2. The molecule has 0 unspecified atom stereocenters. The van der Waals surface area contributed by atoms with Gasteiger partial charge in [0.1, 0.15) is 5.82 Å². The van der Waals surface area contributed by atoms with E-state index in [-0.39, 0.29) is 5.69 Å². The summed E-state index contributed by atoms with van der Waals surface area (Å²) in [7, 11) is 0. The number of anilines is 1. The number of carbonyl (C=O) groups is 2. The van der Waals surface area contributed by atoms with Gasteiger partial charge in [-0.25, -0.2) is 14.0 Å². The van der Waals surface area contributed by atoms with Gasteiger partial charge in [-0.15, -0.1) is 0 Å². The molecule has 1 rings (SSSR count). The Balaban J connectivity index is 2.42. The van der Waals surface area contributed by atoms with Crippen LogP contribution >= 0.6 is 0 Å². The van der Waals surface area contributed by atoms with Crippen LogP contribution in [0.1, 0.15) is 23.7 Å². The Labute approximate surface area is 116 Å². The number of urea groups is 1. The van der Waals surface area contributed by atoms with Crippen molar-refractivity contribution in [2.75, 3.05) is 25.0 Å². The molecule has 0 fully saturated rings. The molecule has 20 heavy (non-hydrogen) atoms. The van der Waals surface area contributed by atoms with Crippen molar-refractivity contribution in [1.29, 1.82) is 0 Å². The molecule has 110 valence electrons. The van der Waals surface area contributed by atoms with Crippen molar-refractivity contribution in [1.82, 2.24) is 10.6 Å². The number of halogens is 1. The predicted molar refractivity (Wildman–Crippen MR) is 73.5 cm³/mol. The number of hydrogen-bond acceptors (Lipinski definition) is 3. The van der Waals surface area contributed by atoms with Gasteiger partial charge in [0.05, 0.1) is 5.56 Å². The lowest BCUT2D eigenvalue weighted by atomic mass is 10.2. The number of hydrogen-bond donors (Lipinski definition) is 4. The summed E-state index contributed by atoms with van der Waals surface area (Å²) in [5.41, 5.74) is -0.224. The molecule has 0 heterocycles. The van der Waals surface area contributed by atoms with E-state index in [9.17, 15) is 14.0 Å². The molecule has 0 radical (unpaired) electrons. The molecule has 1 aromatic carbocycles. The third kappa shape index (κ3) is 5.23. The van der Waals surface area contributed by atoms with Crippen LogP contribution in [0.3, 0.4) is 0 Å². The van der Waals surface area contributed by atoms with Crippen LogP contribution in [0.2, 0.25) is 0 Å². The van der Waals surface area contributed by atoms with Gasteiger partial charge in [-0.05, 0) is 37.7 Å². The summed E-state index contributed by atoms with van der Waals surface area (Å²) in [4.78, 5) is 22.1. The van der Waals surface area contributed by atoms with E-state index in [0.29, 0.717) is 6.54 Å². The molecule has 2 amide bonds. The molecule has 0 aliphatic rings. The summed E-state index contributed by atoms with van der Waals surface area (Å²) in [6.07, 6.45) is 0.785. The average Bonchev–Trinajstić information content (AvgIpc) is 2.38. The van der Waals surface area contributed by atoms with Gasteiger partial charge in [-0.1, -0.05) is 6.92 Å². The van der Waals surface area contributed by atoms with Crippen molar-refractivity contribution in [2.24, 2.45) is 0 Å². The normalized spacial score (nSPS) is 10.1. The van der Waals surface area contributed by atoms with Crippen molar-refractivity contribution in [3.63, 3.8) is 0 Å². The summed E-state index contributed by atoms with van der Waals surface area (Å²) >= 11 is 0. The summed E-state index contributed by atoms with van der Waals surface area (Å²) in [5, 5.41) is 16.9. The summed E-state index contributed by atoms with van der Waals surface area (Å²) in [6, 6.07) is 2.97. The fraction of sp³-hybridized carbons (Fsp3) is 0.385. The van der Waals surface area contributed by atoms with Crippen LogP contribution in [-0.4, -0.2) is 36.7 Å². The van der Waals surface area contributed by atoms with Crippen LogP contribution in [0, 0.1) is 5.82 Å². The monoisotopic (exact) mass is 283 g/mol. The predicted octanol–water partition coefficient (Wildman–Crippen LogP) is 1.64. The molecule has 0 spiro atoms. The number of carbonyl (C=O) groups excluding carboxylic acids is 1. The molecule has 7 heteroatoms. The average molecular weight is 283 g/mol. The number of carboxylic acids is 1. The van der Waals surface area contributed by atoms with Crippen LogP contribution < -0.4 is 16.0 Å². The standard InChI is InChI=1S/C13H18FN3O3/c1-2-15-6-3-7-16-13(20)17-9-4-5-10(12(18)19)11(14)8-9/h4-5,8,15H,2-3,6-7H2,1H3,(H,18,19)(H2,16,17,20). The van der Waals surface area contributed by atoms with Gasteiger partial charge in [-0.3, -0.25) is 0 Å². The minimum Gasteiger partial charge on any atom is -0.478 e. The Bertz CT molecular complexity index is 480. The fourth-order valence-electron chi connectivity index (χ4n) is 1.53. The maximum Gasteiger partial charge on any atom is 0.338 e. The van der Waals surface area contributed by atoms with E-state index < -0.39 is 23.4 Å². The first-order chi connectivity index (χ1) is 9.54. The summed E-state index contributed by atoms with van der Waals surface area (Å²) < 4.78 is 13.4. The number of amides is 2. The highest BCUT2D eigenvalue weighted by Crippen LogP contribution is 2.14. The van der Waals surface area contributed by atoms with Gasteiger partial charge in [0.25, 0.3) is 0 Å². The lowest BCUT2D eigenvalue weighted by Crippen LogP contribution is -2.31. The van der Waals surface area contributed by atoms with Crippen LogP contribution in [-0.2, 0) is 0 Å². The molecule has 0 atom stereocenters. The Morgan fingerprint density at radius 2 is 2.05 bits per heavy atom. The summed E-state index contributed by atoms with van der Waals surface area (Å²) in [5.74, 6) is -2.23. The quantitative estimate of drug-likeness (QED) is 0.573. The van der Waals surface area contributed by atoms with Crippen LogP contribution in [0.4, 0.5) is 14.9 Å². The highest BCUT2D eigenvalue weighted by Gasteiger charge is 2.11. The maximum atomic E-state index is 13.4. The molecular formula is C13H18FN3O3. The van der Waals surface area contributed by atoms with Gasteiger partial charge in [0, 0.05) is 12.2 Å². The Morgan fingerprint density at radius 3 is 2.65 bits per heavy atom. The number of aromatic carboxylic acids is 1.